The van der Waals surface area contributed by atoms with Crippen LogP contribution in [0.15, 0.2) is 47.4 Å². The van der Waals surface area contributed by atoms with Crippen LogP contribution in [0.4, 0.5) is 39.9 Å². The molecule has 47 heavy (non-hydrogen) atoms. The Labute approximate surface area is 264 Å². The van der Waals surface area contributed by atoms with E-state index < -0.39 is 103 Å². The minimum absolute atomic E-state index is 0.00844. The minimum atomic E-state index is -6.44. The average molecular weight is 699 g/mol. The van der Waals surface area contributed by atoms with E-state index in [1.165, 1.54) is 9.80 Å². The van der Waals surface area contributed by atoms with E-state index in [0.29, 0.717) is 12.5 Å². The number of nitrogens with zero attached hydrogens (tertiary/aromatic N) is 2. The fourth-order valence-electron chi connectivity index (χ4n) is 7.16. The number of likely N-dealkylation sites (tertiary alicyclic amines) is 2. The molecule has 258 valence electrons. The number of carboxylic acids is 1. The average Bonchev–Trinajstić information content (AvgIpc) is 3.40. The van der Waals surface area contributed by atoms with Gasteiger partial charge in [-0.2, -0.15) is 26.3 Å². The molecule has 3 heterocycles. The van der Waals surface area contributed by atoms with Gasteiger partial charge in [0.25, 0.3) is 0 Å². The molecule has 2 fully saturated rings. The van der Waals surface area contributed by atoms with E-state index in [4.69, 9.17) is 4.74 Å². The van der Waals surface area contributed by atoms with E-state index in [9.17, 15) is 58.2 Å². The summed E-state index contributed by atoms with van der Waals surface area (Å²) in [4.78, 5) is 28.0. The Morgan fingerprint density at radius 1 is 1.00 bits per heavy atom. The lowest BCUT2D eigenvalue weighted by Crippen LogP contribution is -2.59. The Kier molecular flexibility index (Phi) is 8.29. The van der Waals surface area contributed by atoms with E-state index in [-0.39, 0.29) is 38.2 Å². The van der Waals surface area contributed by atoms with Crippen LogP contribution in [0.5, 0.6) is 5.75 Å². The molecule has 0 saturated carbocycles. The Morgan fingerprint density at radius 2 is 1.62 bits per heavy atom. The van der Waals surface area contributed by atoms with Crippen molar-refractivity contribution in [2.45, 2.75) is 66.8 Å². The molecule has 3 aliphatic heterocycles. The maximum absolute atomic E-state index is 15.0. The Morgan fingerprint density at radius 3 is 2.17 bits per heavy atom. The molecule has 1 N–H and O–H groups in total. The molecule has 4 atom stereocenters. The first kappa shape index (κ1) is 34.7. The molecule has 2 aromatic rings. The zero-order chi connectivity index (χ0) is 35.0. The van der Waals surface area contributed by atoms with E-state index in [1.807, 2.05) is 0 Å². The molecule has 3 aliphatic rings. The van der Waals surface area contributed by atoms with Gasteiger partial charge in [0.15, 0.2) is 9.84 Å². The number of urea groups is 1. The standard InChI is InChI=1S/C30H30F8N2O6S/c1-3-26(2)16-39(12-10-21(26)24(41)42)25(43)40-13-11-27(47(44,45)19-7-5-18(31)6-8-19)20-9-4-17(14-22(20)46-15-23(27)40)28(32,29(33,34)35)30(36,37)38/h4-9,14,21,23H,3,10-13,15-16H2,1-2H3,(H,41,42)/t21?,23?,26-,27?/m1/s1. The highest BCUT2D eigenvalue weighted by Gasteiger charge is 2.74. The van der Waals surface area contributed by atoms with Crippen LogP contribution in [0, 0.1) is 17.2 Å². The Bertz CT molecular complexity index is 1670. The fraction of sp³-hybridized carbons (Fsp3) is 0.533. The number of carbonyl (C=O) groups is 2. The topological polar surface area (TPSA) is 104 Å². The van der Waals surface area contributed by atoms with Gasteiger partial charge in [-0.05, 0) is 55.0 Å². The van der Waals surface area contributed by atoms with Gasteiger partial charge in [0.1, 0.15) is 22.9 Å². The molecule has 0 spiro atoms. The van der Waals surface area contributed by atoms with Gasteiger partial charge in [-0.15, -0.1) is 0 Å². The van der Waals surface area contributed by atoms with Crippen LogP contribution in [0.3, 0.4) is 0 Å². The third-order valence-corrected chi connectivity index (χ3v) is 12.5. The predicted molar refractivity (Wildman–Crippen MR) is 148 cm³/mol. The number of amides is 2. The number of alkyl halides is 7. The number of rotatable bonds is 5. The predicted octanol–water partition coefficient (Wildman–Crippen LogP) is 6.19. The van der Waals surface area contributed by atoms with Gasteiger partial charge >= 0.3 is 30.0 Å². The maximum Gasteiger partial charge on any atom is 0.435 e. The van der Waals surface area contributed by atoms with Crippen molar-refractivity contribution in [3.05, 3.63) is 59.4 Å². The highest BCUT2D eigenvalue weighted by molar-refractivity contribution is 7.92. The van der Waals surface area contributed by atoms with E-state index in [1.54, 1.807) is 13.8 Å². The lowest BCUT2D eigenvalue weighted by Gasteiger charge is -2.47. The van der Waals surface area contributed by atoms with Crippen LogP contribution in [0.1, 0.15) is 44.2 Å². The molecular weight excluding hydrogens is 668 g/mol. The fourth-order valence-corrected chi connectivity index (χ4v) is 9.44. The van der Waals surface area contributed by atoms with E-state index in [0.717, 1.165) is 24.3 Å². The Hall–Kier alpha value is -3.63. The summed E-state index contributed by atoms with van der Waals surface area (Å²) in [7, 11) is -4.72. The lowest BCUT2D eigenvalue weighted by atomic mass is 9.70. The molecule has 2 aromatic carbocycles. The highest BCUT2D eigenvalue weighted by Crippen LogP contribution is 2.57. The van der Waals surface area contributed by atoms with Gasteiger partial charge in [0, 0.05) is 30.8 Å². The molecule has 0 aliphatic carbocycles. The summed E-state index contributed by atoms with van der Waals surface area (Å²) in [6, 6.07) is 2.52. The van der Waals surface area contributed by atoms with Crippen LogP contribution >= 0.6 is 0 Å². The number of sulfone groups is 1. The van der Waals surface area contributed by atoms with Crippen LogP contribution in [0.25, 0.3) is 0 Å². The van der Waals surface area contributed by atoms with Crippen molar-refractivity contribution in [2.24, 2.45) is 11.3 Å². The summed E-state index contributed by atoms with van der Waals surface area (Å²) in [6.45, 7) is 2.53. The molecule has 2 amide bonds. The van der Waals surface area contributed by atoms with Crippen LogP contribution < -0.4 is 4.74 Å². The monoisotopic (exact) mass is 698 g/mol. The largest absolute Gasteiger partial charge is 0.491 e. The number of fused-ring (bicyclic) bond motifs is 3. The number of carbonyl (C=O) groups excluding carboxylic acids is 1. The van der Waals surface area contributed by atoms with Crippen LogP contribution in [-0.4, -0.2) is 80.0 Å². The first-order valence-electron chi connectivity index (χ1n) is 14.5. The zero-order valence-corrected chi connectivity index (χ0v) is 25.8. The molecule has 0 bridgehead atoms. The summed E-state index contributed by atoms with van der Waals surface area (Å²) in [5.74, 6) is -3.34. The SMILES string of the molecule is CC[C@]1(C)CN(C(=O)N2CCC3(S(=O)(=O)c4ccc(F)cc4)c4ccc(C(F)(C(F)(F)F)C(F)(F)F)cc4OCC23)CCC1C(=O)O. The number of benzene rings is 2. The second-order valence-corrected chi connectivity index (χ2v) is 14.6. The smallest absolute Gasteiger partial charge is 0.435 e. The van der Waals surface area contributed by atoms with Crippen LogP contribution in [-0.2, 0) is 25.0 Å². The quantitative estimate of drug-likeness (QED) is 0.295. The summed E-state index contributed by atoms with van der Waals surface area (Å²) >= 11 is 0. The van der Waals surface area contributed by atoms with Crippen molar-refractivity contribution in [1.82, 2.24) is 9.80 Å². The third-order valence-electron chi connectivity index (χ3n) is 9.96. The molecular formula is C30H30F8N2O6S. The maximum atomic E-state index is 15.0. The molecule has 8 nitrogen and oxygen atoms in total. The molecule has 0 aromatic heterocycles. The highest BCUT2D eigenvalue weighted by atomic mass is 32.2. The third kappa shape index (κ3) is 5.10. The van der Waals surface area contributed by atoms with Crippen LogP contribution in [0.2, 0.25) is 0 Å². The molecule has 3 unspecified atom stereocenters. The van der Waals surface area contributed by atoms with Crippen molar-refractivity contribution in [2.75, 3.05) is 26.2 Å². The van der Waals surface area contributed by atoms with E-state index in [2.05, 4.69) is 0 Å². The summed E-state index contributed by atoms with van der Waals surface area (Å²) in [6.07, 6.45) is -12.8. The van der Waals surface area contributed by atoms with Crippen molar-refractivity contribution in [3.8, 4) is 5.75 Å². The van der Waals surface area contributed by atoms with Crippen molar-refractivity contribution in [1.29, 1.82) is 0 Å². The van der Waals surface area contributed by atoms with Gasteiger partial charge in [-0.25, -0.2) is 22.0 Å². The first-order valence-corrected chi connectivity index (χ1v) is 16.0. The lowest BCUT2D eigenvalue weighted by molar-refractivity contribution is -0.348. The number of ether oxygens (including phenoxy) is 1. The number of halogens is 8. The van der Waals surface area contributed by atoms with Gasteiger partial charge in [0.2, 0.25) is 0 Å². The number of hydrogen-bond acceptors (Lipinski definition) is 5. The second-order valence-electron chi connectivity index (χ2n) is 12.4. The van der Waals surface area contributed by atoms with Gasteiger partial charge in [0.05, 0.1) is 16.9 Å². The zero-order valence-electron chi connectivity index (χ0n) is 25.0. The normalized spacial score (nSPS) is 26.8. The number of piperidine rings is 1. The molecule has 0 radical (unpaired) electrons. The number of aliphatic carboxylic acids is 1. The van der Waals surface area contributed by atoms with Gasteiger partial charge < -0.3 is 19.6 Å². The Balaban J connectivity index is 1.63. The number of hydrogen-bond donors (Lipinski definition) is 1. The minimum Gasteiger partial charge on any atom is -0.491 e. The van der Waals surface area contributed by atoms with Gasteiger partial charge in [-0.3, -0.25) is 4.79 Å². The number of carboxylic acid groups (broad SMARTS) is 1. The second kappa shape index (κ2) is 11.2. The molecule has 2 saturated heterocycles. The van der Waals surface area contributed by atoms with Crippen molar-refractivity contribution >= 4 is 21.8 Å². The molecule has 17 heteroatoms. The summed E-state index contributed by atoms with van der Waals surface area (Å²) in [5.41, 5.74) is -8.93. The van der Waals surface area contributed by atoms with Gasteiger partial charge in [-0.1, -0.05) is 26.0 Å². The summed E-state index contributed by atoms with van der Waals surface area (Å²) < 4.78 is 142. The van der Waals surface area contributed by atoms with Crippen molar-refractivity contribution < 1.29 is 63.0 Å². The summed E-state index contributed by atoms with van der Waals surface area (Å²) in [5, 5.41) is 9.73. The van der Waals surface area contributed by atoms with E-state index >= 15 is 0 Å². The first-order chi connectivity index (χ1) is 21.7. The molecule has 5 rings (SSSR count). The van der Waals surface area contributed by atoms with Crippen molar-refractivity contribution in [3.63, 3.8) is 0 Å².